The Hall–Kier alpha value is -1.50. The fourth-order valence-corrected chi connectivity index (χ4v) is 2.32. The molecule has 2 heterocycles. The Balaban J connectivity index is 2.04. The maximum absolute atomic E-state index is 12.2. The summed E-state index contributed by atoms with van der Waals surface area (Å²) in [6, 6.07) is 3.18. The van der Waals surface area contributed by atoms with Gasteiger partial charge in [0, 0.05) is 11.9 Å². The molecule has 3 atom stereocenters. The van der Waals surface area contributed by atoms with Crippen molar-refractivity contribution in [2.45, 2.75) is 45.0 Å². The zero-order chi connectivity index (χ0) is 15.6. The van der Waals surface area contributed by atoms with Crippen molar-refractivity contribution < 1.29 is 19.7 Å². The first-order valence-corrected chi connectivity index (χ1v) is 7.07. The van der Waals surface area contributed by atoms with Crippen molar-refractivity contribution in [3.63, 3.8) is 0 Å². The topological polar surface area (TPSA) is 91.7 Å². The van der Waals surface area contributed by atoms with Gasteiger partial charge < -0.3 is 20.3 Å². The molecule has 0 spiro atoms. The molecule has 1 aromatic rings. The predicted octanol–water partition coefficient (Wildman–Crippen LogP) is 1.25. The van der Waals surface area contributed by atoms with Gasteiger partial charge in [0.15, 0.2) is 0 Å². The van der Waals surface area contributed by atoms with Gasteiger partial charge in [0.2, 0.25) is 0 Å². The van der Waals surface area contributed by atoms with Crippen molar-refractivity contribution in [2.24, 2.45) is 5.92 Å². The molecule has 1 saturated heterocycles. The third-order valence-corrected chi connectivity index (χ3v) is 4.06. The van der Waals surface area contributed by atoms with Crippen molar-refractivity contribution >= 4 is 11.6 Å². The van der Waals surface area contributed by atoms with E-state index in [4.69, 9.17) is 9.84 Å². The number of anilines is 1. The highest BCUT2D eigenvalue weighted by atomic mass is 16.5. The van der Waals surface area contributed by atoms with Gasteiger partial charge in [0.25, 0.3) is 5.91 Å². The second-order valence-electron chi connectivity index (χ2n) is 6.00. The number of nitrogens with zero attached hydrogens (tertiary/aromatic N) is 1. The van der Waals surface area contributed by atoms with Crippen LogP contribution in [0.25, 0.3) is 0 Å². The van der Waals surface area contributed by atoms with Crippen LogP contribution >= 0.6 is 0 Å². The van der Waals surface area contributed by atoms with Crippen LogP contribution in [-0.4, -0.2) is 39.4 Å². The average Bonchev–Trinajstić information content (AvgIpc) is 2.72. The van der Waals surface area contributed by atoms with Gasteiger partial charge in [0.05, 0.1) is 17.9 Å². The number of ether oxygens (including phenoxy) is 1. The zero-order valence-corrected chi connectivity index (χ0v) is 12.5. The number of carbonyl (C=O) groups is 1. The molecule has 1 aliphatic rings. The highest BCUT2D eigenvalue weighted by Gasteiger charge is 2.41. The van der Waals surface area contributed by atoms with E-state index in [1.54, 1.807) is 12.1 Å². The number of pyridine rings is 1. The van der Waals surface area contributed by atoms with Crippen LogP contribution in [0.15, 0.2) is 18.3 Å². The Morgan fingerprint density at radius 1 is 1.62 bits per heavy atom. The monoisotopic (exact) mass is 294 g/mol. The Labute approximate surface area is 124 Å². The Morgan fingerprint density at radius 2 is 2.33 bits per heavy atom. The van der Waals surface area contributed by atoms with Crippen LogP contribution in [-0.2, 0) is 9.53 Å². The van der Waals surface area contributed by atoms with Crippen LogP contribution in [0, 0.1) is 5.92 Å². The molecule has 1 aromatic heterocycles. The first-order valence-electron chi connectivity index (χ1n) is 7.07. The molecule has 3 unspecified atom stereocenters. The van der Waals surface area contributed by atoms with Crippen molar-refractivity contribution in [3.05, 3.63) is 24.0 Å². The second-order valence-corrected chi connectivity index (χ2v) is 6.00. The van der Waals surface area contributed by atoms with Gasteiger partial charge in [-0.3, -0.25) is 9.78 Å². The molecule has 6 nitrogen and oxygen atoms in total. The lowest BCUT2D eigenvalue weighted by atomic mass is 9.92. The summed E-state index contributed by atoms with van der Waals surface area (Å²) in [7, 11) is 0. The number of aliphatic hydroxyl groups is 2. The summed E-state index contributed by atoms with van der Waals surface area (Å²) >= 11 is 0. The molecule has 3 N–H and O–H groups in total. The van der Waals surface area contributed by atoms with Gasteiger partial charge in [-0.25, -0.2) is 0 Å². The van der Waals surface area contributed by atoms with Crippen LogP contribution in [0.2, 0.25) is 0 Å². The molecule has 0 aromatic carbocycles. The first-order chi connectivity index (χ1) is 9.83. The Kier molecular flexibility index (Phi) is 4.61. The summed E-state index contributed by atoms with van der Waals surface area (Å²) in [6.45, 7) is 5.61. The number of nitrogens with one attached hydrogen (secondary N) is 1. The Bertz CT molecular complexity index is 518. The third kappa shape index (κ3) is 3.58. The molecule has 0 radical (unpaired) electrons. The van der Waals surface area contributed by atoms with E-state index in [-0.39, 0.29) is 11.5 Å². The fraction of sp³-hybridized carbons (Fsp3) is 0.600. The van der Waals surface area contributed by atoms with Crippen LogP contribution in [0.1, 0.15) is 39.0 Å². The maximum Gasteiger partial charge on any atom is 0.253 e. The molecule has 1 fully saturated rings. The van der Waals surface area contributed by atoms with Gasteiger partial charge >= 0.3 is 0 Å². The SMILES string of the molecule is CC1CC(C(=O)Nc2ccnc(C(O)CO)c2)OC1(C)C. The number of hydrogen-bond acceptors (Lipinski definition) is 5. The number of amides is 1. The molecule has 1 amide bonds. The van der Waals surface area contributed by atoms with E-state index < -0.39 is 18.8 Å². The van der Waals surface area contributed by atoms with E-state index in [0.717, 1.165) is 0 Å². The highest BCUT2D eigenvalue weighted by Crippen LogP contribution is 2.35. The van der Waals surface area contributed by atoms with E-state index in [1.807, 2.05) is 13.8 Å². The standard InChI is InChI=1S/C15H22N2O4/c1-9-6-13(21-15(9,2)3)14(20)17-10-4-5-16-11(7-10)12(19)8-18/h4-5,7,9,12-13,18-19H,6,8H2,1-3H3,(H,16,17,20). The molecular formula is C15H22N2O4. The molecule has 0 saturated carbocycles. The van der Waals surface area contributed by atoms with E-state index in [1.165, 1.54) is 6.20 Å². The predicted molar refractivity (Wildman–Crippen MR) is 77.6 cm³/mol. The highest BCUT2D eigenvalue weighted by molar-refractivity contribution is 5.94. The maximum atomic E-state index is 12.2. The molecule has 6 heteroatoms. The lowest BCUT2D eigenvalue weighted by Crippen LogP contribution is -2.31. The minimum atomic E-state index is -1.05. The minimum Gasteiger partial charge on any atom is -0.393 e. The van der Waals surface area contributed by atoms with Gasteiger partial charge in [-0.2, -0.15) is 0 Å². The van der Waals surface area contributed by atoms with E-state index >= 15 is 0 Å². The molecule has 0 bridgehead atoms. The van der Waals surface area contributed by atoms with Gasteiger partial charge in [0.1, 0.15) is 12.2 Å². The van der Waals surface area contributed by atoms with Crippen LogP contribution in [0.5, 0.6) is 0 Å². The summed E-state index contributed by atoms with van der Waals surface area (Å²) in [6.07, 6.45) is 0.625. The summed E-state index contributed by atoms with van der Waals surface area (Å²) < 4.78 is 5.78. The normalized spacial score (nSPS) is 25.6. The first kappa shape index (κ1) is 15.9. The molecule has 21 heavy (non-hydrogen) atoms. The van der Waals surface area contributed by atoms with Crippen LogP contribution in [0.4, 0.5) is 5.69 Å². The van der Waals surface area contributed by atoms with Crippen molar-refractivity contribution in [2.75, 3.05) is 11.9 Å². The van der Waals surface area contributed by atoms with E-state index in [9.17, 15) is 9.90 Å². The molecule has 1 aliphatic heterocycles. The lowest BCUT2D eigenvalue weighted by molar-refractivity contribution is -0.130. The number of aliphatic hydroxyl groups excluding tert-OH is 2. The van der Waals surface area contributed by atoms with Gasteiger partial charge in [-0.1, -0.05) is 6.92 Å². The molecule has 2 rings (SSSR count). The smallest absolute Gasteiger partial charge is 0.253 e. The summed E-state index contributed by atoms with van der Waals surface area (Å²) in [5.41, 5.74) is 0.535. The van der Waals surface area contributed by atoms with Crippen molar-refractivity contribution in [3.8, 4) is 0 Å². The second kappa shape index (κ2) is 6.09. The minimum absolute atomic E-state index is 0.205. The number of rotatable bonds is 4. The zero-order valence-electron chi connectivity index (χ0n) is 12.5. The fourth-order valence-electron chi connectivity index (χ4n) is 2.32. The molecule has 0 aliphatic carbocycles. The largest absolute Gasteiger partial charge is 0.393 e. The summed E-state index contributed by atoms with van der Waals surface area (Å²) in [5, 5.41) is 21.2. The quantitative estimate of drug-likeness (QED) is 0.777. The van der Waals surface area contributed by atoms with Crippen molar-refractivity contribution in [1.82, 2.24) is 4.98 Å². The number of aromatic nitrogens is 1. The summed E-state index contributed by atoms with van der Waals surface area (Å²) in [5.74, 6) is 0.0977. The van der Waals surface area contributed by atoms with Gasteiger partial charge in [-0.15, -0.1) is 0 Å². The number of carbonyl (C=O) groups excluding carboxylic acids is 1. The molecule has 116 valence electrons. The van der Waals surface area contributed by atoms with E-state index in [2.05, 4.69) is 17.2 Å². The van der Waals surface area contributed by atoms with Crippen LogP contribution < -0.4 is 5.32 Å². The Morgan fingerprint density at radius 3 is 2.90 bits per heavy atom. The van der Waals surface area contributed by atoms with E-state index in [0.29, 0.717) is 23.7 Å². The lowest BCUT2D eigenvalue weighted by Gasteiger charge is -2.22. The average molecular weight is 294 g/mol. The number of hydrogen-bond donors (Lipinski definition) is 3. The third-order valence-electron chi connectivity index (χ3n) is 4.06. The van der Waals surface area contributed by atoms with Gasteiger partial charge in [-0.05, 0) is 38.3 Å². The van der Waals surface area contributed by atoms with Crippen molar-refractivity contribution in [1.29, 1.82) is 0 Å². The molecular weight excluding hydrogens is 272 g/mol. The summed E-state index contributed by atoms with van der Waals surface area (Å²) in [4.78, 5) is 16.2. The van der Waals surface area contributed by atoms with Crippen LogP contribution in [0.3, 0.4) is 0 Å².